The Morgan fingerprint density at radius 1 is 1.18 bits per heavy atom. The minimum absolute atomic E-state index is 0.320. The van der Waals surface area contributed by atoms with Crippen molar-refractivity contribution >= 4 is 11.9 Å². The van der Waals surface area contributed by atoms with Crippen LogP contribution >= 0.6 is 0 Å². The van der Waals surface area contributed by atoms with Crippen molar-refractivity contribution in [1.29, 1.82) is 0 Å². The molecule has 0 radical (unpaired) electrons. The fourth-order valence-electron chi connectivity index (χ4n) is 1.15. The highest BCUT2D eigenvalue weighted by Crippen LogP contribution is 2.12. The Morgan fingerprint density at radius 3 is 2.47 bits per heavy atom. The van der Waals surface area contributed by atoms with Crippen molar-refractivity contribution in [1.82, 2.24) is 15.0 Å². The number of ether oxygens (including phenoxy) is 1. The second kappa shape index (κ2) is 6.88. The van der Waals surface area contributed by atoms with Crippen molar-refractivity contribution in [2.75, 3.05) is 24.3 Å². The van der Waals surface area contributed by atoms with Gasteiger partial charge in [0.15, 0.2) is 0 Å². The summed E-state index contributed by atoms with van der Waals surface area (Å²) in [6.07, 6.45) is 2.02. The summed E-state index contributed by atoms with van der Waals surface area (Å²) in [7, 11) is 1.55. The van der Waals surface area contributed by atoms with E-state index < -0.39 is 0 Å². The van der Waals surface area contributed by atoms with Crippen LogP contribution in [-0.2, 0) is 0 Å². The fourth-order valence-corrected chi connectivity index (χ4v) is 1.15. The Bertz CT molecular complexity index is 345. The first kappa shape index (κ1) is 13.5. The first-order valence-corrected chi connectivity index (χ1v) is 6.00. The molecule has 17 heavy (non-hydrogen) atoms. The Morgan fingerprint density at radius 2 is 1.88 bits per heavy atom. The number of hydrogen-bond acceptors (Lipinski definition) is 6. The summed E-state index contributed by atoms with van der Waals surface area (Å²) in [6, 6.07) is 0.644. The minimum atomic E-state index is 0.320. The second-order valence-electron chi connectivity index (χ2n) is 3.85. The lowest BCUT2D eigenvalue weighted by atomic mass is 10.3. The number of methoxy groups -OCH3 is 1. The van der Waals surface area contributed by atoms with E-state index in [-0.39, 0.29) is 0 Å². The molecule has 96 valence electrons. The van der Waals surface area contributed by atoms with Crippen molar-refractivity contribution < 1.29 is 4.74 Å². The molecule has 0 aliphatic heterocycles. The minimum Gasteiger partial charge on any atom is -0.467 e. The van der Waals surface area contributed by atoms with E-state index in [2.05, 4.69) is 46.4 Å². The largest absolute Gasteiger partial charge is 0.467 e. The summed E-state index contributed by atoms with van der Waals surface area (Å²) in [4.78, 5) is 12.6. The highest BCUT2D eigenvalue weighted by atomic mass is 16.5. The standard InChI is InChI=1S/C11H21N5O/c1-5-7-12-9-14-10(13-8(3)6-2)16-11(15-9)17-4/h8H,5-7H2,1-4H3,(H2,12,13,14,15,16). The molecule has 1 aromatic rings. The third kappa shape index (κ3) is 4.42. The number of rotatable bonds is 7. The normalized spacial score (nSPS) is 12.0. The summed E-state index contributed by atoms with van der Waals surface area (Å²) in [5.41, 5.74) is 0. The van der Waals surface area contributed by atoms with Gasteiger partial charge in [-0.25, -0.2) is 0 Å². The molecule has 1 unspecified atom stereocenters. The van der Waals surface area contributed by atoms with Crippen molar-refractivity contribution in [3.8, 4) is 6.01 Å². The van der Waals surface area contributed by atoms with Gasteiger partial charge in [-0.2, -0.15) is 15.0 Å². The summed E-state index contributed by atoms with van der Waals surface area (Å²) in [5.74, 6) is 1.09. The molecule has 0 aromatic carbocycles. The second-order valence-corrected chi connectivity index (χ2v) is 3.85. The molecule has 0 saturated heterocycles. The van der Waals surface area contributed by atoms with E-state index in [1.807, 2.05) is 0 Å². The number of nitrogens with one attached hydrogen (secondary N) is 2. The summed E-state index contributed by atoms with van der Waals surface area (Å²) < 4.78 is 5.05. The van der Waals surface area contributed by atoms with Gasteiger partial charge in [-0.05, 0) is 19.8 Å². The monoisotopic (exact) mass is 239 g/mol. The predicted molar refractivity (Wildman–Crippen MR) is 68.5 cm³/mol. The number of hydrogen-bond donors (Lipinski definition) is 2. The smallest absolute Gasteiger partial charge is 0.322 e. The molecule has 0 bridgehead atoms. The molecule has 6 heteroatoms. The van der Waals surface area contributed by atoms with Crippen LogP contribution in [0, 0.1) is 0 Å². The maximum absolute atomic E-state index is 5.05. The molecule has 0 aliphatic rings. The molecule has 1 rings (SSSR count). The zero-order valence-corrected chi connectivity index (χ0v) is 10.9. The van der Waals surface area contributed by atoms with E-state index in [9.17, 15) is 0 Å². The Labute approximate surface area is 102 Å². The van der Waals surface area contributed by atoms with Gasteiger partial charge in [0, 0.05) is 12.6 Å². The van der Waals surface area contributed by atoms with E-state index in [1.54, 1.807) is 7.11 Å². The van der Waals surface area contributed by atoms with Gasteiger partial charge in [0.25, 0.3) is 0 Å². The summed E-state index contributed by atoms with van der Waals surface area (Å²) in [6.45, 7) is 7.10. The molecular weight excluding hydrogens is 218 g/mol. The lowest BCUT2D eigenvalue weighted by molar-refractivity contribution is 0.379. The SMILES string of the molecule is CCCNc1nc(NC(C)CC)nc(OC)n1. The molecule has 6 nitrogen and oxygen atoms in total. The molecule has 0 saturated carbocycles. The first-order valence-electron chi connectivity index (χ1n) is 6.00. The molecule has 0 spiro atoms. The van der Waals surface area contributed by atoms with E-state index >= 15 is 0 Å². The predicted octanol–water partition coefficient (Wildman–Crippen LogP) is 1.91. The lowest BCUT2D eigenvalue weighted by Gasteiger charge is -2.12. The number of aromatic nitrogens is 3. The van der Waals surface area contributed by atoms with Gasteiger partial charge in [0.2, 0.25) is 11.9 Å². The van der Waals surface area contributed by atoms with Gasteiger partial charge < -0.3 is 15.4 Å². The van der Waals surface area contributed by atoms with Gasteiger partial charge in [0.1, 0.15) is 0 Å². The molecule has 2 N–H and O–H groups in total. The highest BCUT2D eigenvalue weighted by molar-refractivity contribution is 5.36. The molecule has 0 fully saturated rings. The topological polar surface area (TPSA) is 72.0 Å². The molecule has 1 atom stereocenters. The van der Waals surface area contributed by atoms with Gasteiger partial charge >= 0.3 is 6.01 Å². The van der Waals surface area contributed by atoms with E-state index in [4.69, 9.17) is 4.74 Å². The molecular formula is C11H21N5O. The summed E-state index contributed by atoms with van der Waals surface area (Å²) >= 11 is 0. The number of nitrogens with zero attached hydrogens (tertiary/aromatic N) is 3. The van der Waals surface area contributed by atoms with Crippen molar-refractivity contribution in [2.24, 2.45) is 0 Å². The van der Waals surface area contributed by atoms with Crippen LogP contribution in [0.5, 0.6) is 6.01 Å². The Balaban J connectivity index is 2.80. The molecule has 1 aromatic heterocycles. The van der Waals surface area contributed by atoms with Crippen molar-refractivity contribution in [2.45, 2.75) is 39.7 Å². The fraction of sp³-hybridized carbons (Fsp3) is 0.727. The van der Waals surface area contributed by atoms with Crippen LogP contribution in [0.3, 0.4) is 0 Å². The van der Waals surface area contributed by atoms with Gasteiger partial charge in [0.05, 0.1) is 7.11 Å². The van der Waals surface area contributed by atoms with Crippen LogP contribution in [-0.4, -0.2) is 34.6 Å². The van der Waals surface area contributed by atoms with Crippen LogP contribution in [0.1, 0.15) is 33.6 Å². The van der Waals surface area contributed by atoms with Gasteiger partial charge in [-0.15, -0.1) is 0 Å². The zero-order chi connectivity index (χ0) is 12.7. The van der Waals surface area contributed by atoms with Crippen LogP contribution in [0.2, 0.25) is 0 Å². The molecule has 0 amide bonds. The van der Waals surface area contributed by atoms with Crippen LogP contribution in [0.15, 0.2) is 0 Å². The average Bonchev–Trinajstić information content (AvgIpc) is 2.35. The summed E-state index contributed by atoms with van der Waals surface area (Å²) in [5, 5.41) is 6.32. The lowest BCUT2D eigenvalue weighted by Crippen LogP contribution is -2.17. The van der Waals surface area contributed by atoms with Gasteiger partial charge in [-0.3, -0.25) is 0 Å². The Hall–Kier alpha value is -1.59. The maximum Gasteiger partial charge on any atom is 0.322 e. The van der Waals surface area contributed by atoms with Crippen molar-refractivity contribution in [3.05, 3.63) is 0 Å². The van der Waals surface area contributed by atoms with E-state index in [0.717, 1.165) is 19.4 Å². The average molecular weight is 239 g/mol. The zero-order valence-electron chi connectivity index (χ0n) is 10.9. The third-order valence-electron chi connectivity index (χ3n) is 2.32. The van der Waals surface area contributed by atoms with Crippen LogP contribution in [0.4, 0.5) is 11.9 Å². The first-order chi connectivity index (χ1) is 8.19. The molecule has 1 heterocycles. The van der Waals surface area contributed by atoms with E-state index in [0.29, 0.717) is 23.9 Å². The van der Waals surface area contributed by atoms with Crippen LogP contribution < -0.4 is 15.4 Å². The molecule has 0 aliphatic carbocycles. The van der Waals surface area contributed by atoms with Crippen LogP contribution in [0.25, 0.3) is 0 Å². The number of anilines is 2. The highest BCUT2D eigenvalue weighted by Gasteiger charge is 2.08. The third-order valence-corrected chi connectivity index (χ3v) is 2.32. The van der Waals surface area contributed by atoms with E-state index in [1.165, 1.54) is 0 Å². The van der Waals surface area contributed by atoms with Crippen molar-refractivity contribution in [3.63, 3.8) is 0 Å². The van der Waals surface area contributed by atoms with Gasteiger partial charge in [-0.1, -0.05) is 13.8 Å². The Kier molecular flexibility index (Phi) is 5.45. The quantitative estimate of drug-likeness (QED) is 0.757. The maximum atomic E-state index is 5.05.